The van der Waals surface area contributed by atoms with Crippen LogP contribution in [0.4, 0.5) is 4.79 Å². The zero-order valence-electron chi connectivity index (χ0n) is 11.8. The Morgan fingerprint density at radius 2 is 2.22 bits per heavy atom. The van der Waals surface area contributed by atoms with Crippen LogP contribution in [0.3, 0.4) is 0 Å². The fourth-order valence-electron chi connectivity index (χ4n) is 2.21. The molecule has 1 amide bonds. The van der Waals surface area contributed by atoms with Gasteiger partial charge in [-0.2, -0.15) is 0 Å². The lowest BCUT2D eigenvalue weighted by Gasteiger charge is -2.32. The number of nitrogens with one attached hydrogen (secondary N) is 1. The van der Waals surface area contributed by atoms with Crippen molar-refractivity contribution >= 4 is 22.0 Å². The highest BCUT2D eigenvalue weighted by Crippen LogP contribution is 2.29. The van der Waals surface area contributed by atoms with E-state index < -0.39 is 0 Å². The van der Waals surface area contributed by atoms with E-state index in [0.29, 0.717) is 11.3 Å². The van der Waals surface area contributed by atoms with Gasteiger partial charge in [-0.3, -0.25) is 0 Å². The molecule has 1 rings (SSSR count). The fraction of sp³-hybridized carbons (Fsp3) is 0.923. The maximum absolute atomic E-state index is 11.2. The van der Waals surface area contributed by atoms with Crippen molar-refractivity contribution in [2.75, 3.05) is 32.1 Å². The monoisotopic (exact) mass is 320 g/mol. The van der Waals surface area contributed by atoms with Crippen molar-refractivity contribution in [3.8, 4) is 0 Å². The maximum Gasteiger partial charge on any atom is 0.407 e. The van der Waals surface area contributed by atoms with Gasteiger partial charge < -0.3 is 15.0 Å². The highest BCUT2D eigenvalue weighted by Gasteiger charge is 2.30. The predicted octanol–water partition coefficient (Wildman–Crippen LogP) is 2.47. The zero-order valence-corrected chi connectivity index (χ0v) is 13.4. The Kier molecular flexibility index (Phi) is 5.92. The average Bonchev–Trinajstić information content (AvgIpc) is 2.71. The van der Waals surface area contributed by atoms with Gasteiger partial charge in [-0.05, 0) is 17.8 Å². The molecule has 2 unspecified atom stereocenters. The smallest absolute Gasteiger partial charge is 0.407 e. The Morgan fingerprint density at radius 3 is 2.72 bits per heavy atom. The quantitative estimate of drug-likeness (QED) is 0.809. The number of ether oxygens (including phenoxy) is 1. The van der Waals surface area contributed by atoms with Crippen LogP contribution in [-0.4, -0.2) is 49.1 Å². The Labute approximate surface area is 119 Å². The van der Waals surface area contributed by atoms with Gasteiger partial charge in [0, 0.05) is 31.0 Å². The second kappa shape index (κ2) is 6.75. The summed E-state index contributed by atoms with van der Waals surface area (Å²) in [7, 11) is 1.41. The number of carbonyl (C=O) groups excluding carboxylic acids is 1. The van der Waals surface area contributed by atoms with E-state index in [1.807, 2.05) is 0 Å². The van der Waals surface area contributed by atoms with Gasteiger partial charge >= 0.3 is 6.09 Å². The number of halogens is 1. The van der Waals surface area contributed by atoms with Gasteiger partial charge in [0.1, 0.15) is 0 Å². The number of likely N-dealkylation sites (tertiary alicyclic amines) is 1. The van der Waals surface area contributed by atoms with Crippen molar-refractivity contribution in [1.82, 2.24) is 10.2 Å². The average molecular weight is 321 g/mol. The topological polar surface area (TPSA) is 41.6 Å². The largest absolute Gasteiger partial charge is 0.453 e. The summed E-state index contributed by atoms with van der Waals surface area (Å²) in [6, 6.07) is 0.230. The van der Waals surface area contributed by atoms with Crippen LogP contribution in [0.2, 0.25) is 0 Å². The van der Waals surface area contributed by atoms with Crippen molar-refractivity contribution in [1.29, 1.82) is 0 Å². The highest BCUT2D eigenvalue weighted by molar-refractivity contribution is 9.09. The number of rotatable bonds is 4. The summed E-state index contributed by atoms with van der Waals surface area (Å²) < 4.78 is 4.63. The first-order valence-corrected chi connectivity index (χ1v) is 7.61. The number of alkyl carbamates (subject to hydrolysis) is 1. The summed E-state index contributed by atoms with van der Waals surface area (Å²) >= 11 is 3.61. The molecule has 1 N–H and O–H groups in total. The van der Waals surface area contributed by atoms with Crippen molar-refractivity contribution in [3.63, 3.8) is 0 Å². The molecule has 0 radical (unpaired) electrons. The lowest BCUT2D eigenvalue weighted by Crippen LogP contribution is -2.39. The number of methoxy groups -OCH3 is 1. The molecule has 1 fully saturated rings. The molecule has 0 aromatic carbocycles. The van der Waals surface area contributed by atoms with Crippen molar-refractivity contribution in [2.45, 2.75) is 33.2 Å². The standard InChI is InChI=1S/C13H25BrN2O2/c1-13(2,3)10(7-14)8-16-6-5-11(9-16)15-12(17)18-4/h10-11H,5-9H2,1-4H3,(H,15,17). The molecule has 0 aromatic rings. The van der Waals surface area contributed by atoms with Crippen molar-refractivity contribution < 1.29 is 9.53 Å². The van der Waals surface area contributed by atoms with Crippen LogP contribution in [0.15, 0.2) is 0 Å². The van der Waals surface area contributed by atoms with Crippen LogP contribution in [-0.2, 0) is 4.74 Å². The fourth-order valence-corrected chi connectivity index (χ4v) is 3.38. The summed E-state index contributed by atoms with van der Waals surface area (Å²) in [5.74, 6) is 0.620. The molecule has 106 valence electrons. The van der Waals surface area contributed by atoms with E-state index in [1.54, 1.807) is 0 Å². The third kappa shape index (κ3) is 4.76. The molecule has 0 bridgehead atoms. The summed E-state index contributed by atoms with van der Waals surface area (Å²) in [5, 5.41) is 3.89. The SMILES string of the molecule is COC(=O)NC1CCN(CC(CBr)C(C)(C)C)C1. The summed E-state index contributed by atoms with van der Waals surface area (Å²) in [4.78, 5) is 13.6. The lowest BCUT2D eigenvalue weighted by atomic mass is 9.82. The molecule has 1 saturated heterocycles. The van der Waals surface area contributed by atoms with Crippen LogP contribution >= 0.6 is 15.9 Å². The third-order valence-corrected chi connectivity index (χ3v) is 4.45. The summed E-state index contributed by atoms with van der Waals surface area (Å²) in [6.07, 6.45) is 0.684. The minimum absolute atomic E-state index is 0.230. The van der Waals surface area contributed by atoms with Gasteiger partial charge in [-0.15, -0.1) is 0 Å². The molecule has 0 aliphatic carbocycles. The van der Waals surface area contributed by atoms with Crippen LogP contribution in [0, 0.1) is 11.3 Å². The number of hydrogen-bond donors (Lipinski definition) is 1. The number of amides is 1. The second-order valence-electron chi connectivity index (χ2n) is 6.10. The first kappa shape index (κ1) is 15.8. The van der Waals surface area contributed by atoms with E-state index in [0.717, 1.165) is 31.4 Å². The Balaban J connectivity index is 2.40. The van der Waals surface area contributed by atoms with Crippen molar-refractivity contribution in [2.24, 2.45) is 11.3 Å². The van der Waals surface area contributed by atoms with Gasteiger partial charge in [-0.25, -0.2) is 4.79 Å². The molecule has 1 aliphatic heterocycles. The minimum atomic E-state index is -0.324. The molecule has 1 aliphatic rings. The Bertz CT molecular complexity index is 279. The first-order chi connectivity index (χ1) is 8.36. The number of hydrogen-bond acceptors (Lipinski definition) is 3. The molecule has 4 nitrogen and oxygen atoms in total. The van der Waals surface area contributed by atoms with Crippen molar-refractivity contribution in [3.05, 3.63) is 0 Å². The van der Waals surface area contributed by atoms with Gasteiger partial charge in [0.05, 0.1) is 7.11 Å². The van der Waals surface area contributed by atoms with Crippen LogP contribution in [0.25, 0.3) is 0 Å². The van der Waals surface area contributed by atoms with E-state index in [2.05, 4.69) is 51.7 Å². The molecular weight excluding hydrogens is 296 g/mol. The van der Waals surface area contributed by atoms with Crippen LogP contribution in [0.5, 0.6) is 0 Å². The van der Waals surface area contributed by atoms with E-state index in [9.17, 15) is 4.79 Å². The lowest BCUT2D eigenvalue weighted by molar-refractivity contribution is 0.163. The third-order valence-electron chi connectivity index (χ3n) is 3.67. The normalized spacial score (nSPS) is 22.8. The van der Waals surface area contributed by atoms with E-state index in [1.165, 1.54) is 7.11 Å². The Hall–Kier alpha value is -0.290. The minimum Gasteiger partial charge on any atom is -0.453 e. The molecule has 0 saturated carbocycles. The molecule has 18 heavy (non-hydrogen) atoms. The highest BCUT2D eigenvalue weighted by atomic mass is 79.9. The second-order valence-corrected chi connectivity index (χ2v) is 6.75. The number of alkyl halides is 1. The van der Waals surface area contributed by atoms with Gasteiger partial charge in [-0.1, -0.05) is 36.7 Å². The molecule has 0 spiro atoms. The summed E-state index contributed by atoms with van der Waals surface area (Å²) in [6.45, 7) is 9.88. The van der Waals surface area contributed by atoms with E-state index >= 15 is 0 Å². The molecular formula is C13H25BrN2O2. The van der Waals surface area contributed by atoms with Gasteiger partial charge in [0.25, 0.3) is 0 Å². The first-order valence-electron chi connectivity index (χ1n) is 6.49. The summed E-state index contributed by atoms with van der Waals surface area (Å²) in [5.41, 5.74) is 0.303. The molecule has 0 aromatic heterocycles. The Morgan fingerprint density at radius 1 is 1.56 bits per heavy atom. The van der Waals surface area contributed by atoms with Crippen LogP contribution < -0.4 is 5.32 Å². The predicted molar refractivity (Wildman–Crippen MR) is 77.1 cm³/mol. The maximum atomic E-state index is 11.2. The zero-order chi connectivity index (χ0) is 13.8. The molecule has 1 heterocycles. The van der Waals surface area contributed by atoms with E-state index in [4.69, 9.17) is 0 Å². The van der Waals surface area contributed by atoms with Crippen LogP contribution in [0.1, 0.15) is 27.2 Å². The molecule has 2 atom stereocenters. The van der Waals surface area contributed by atoms with Gasteiger partial charge in [0.2, 0.25) is 0 Å². The number of nitrogens with zero attached hydrogens (tertiary/aromatic N) is 1. The van der Waals surface area contributed by atoms with Gasteiger partial charge in [0.15, 0.2) is 0 Å². The molecule has 5 heteroatoms. The van der Waals surface area contributed by atoms with E-state index in [-0.39, 0.29) is 12.1 Å². The number of carbonyl (C=O) groups is 1.